The maximum absolute atomic E-state index is 10.8. The molecule has 2 heterocycles. The molecule has 0 spiro atoms. The van der Waals surface area contributed by atoms with Gasteiger partial charge in [0, 0.05) is 25.3 Å². The highest BCUT2D eigenvalue weighted by Gasteiger charge is 2.26. The van der Waals surface area contributed by atoms with E-state index in [0.29, 0.717) is 19.7 Å². The van der Waals surface area contributed by atoms with Gasteiger partial charge in [-0.3, -0.25) is 9.88 Å². The molecule has 92 valence electrons. The Morgan fingerprint density at radius 1 is 1.65 bits per heavy atom. The fourth-order valence-electron chi connectivity index (χ4n) is 1.91. The molecule has 0 aliphatic carbocycles. The van der Waals surface area contributed by atoms with Crippen molar-refractivity contribution >= 4 is 5.97 Å². The molecule has 0 bridgehead atoms. The summed E-state index contributed by atoms with van der Waals surface area (Å²) < 4.78 is 5.17. The summed E-state index contributed by atoms with van der Waals surface area (Å²) in [6.07, 6.45) is -0.714. The maximum Gasteiger partial charge on any atom is 0.334 e. The van der Waals surface area contributed by atoms with Crippen LogP contribution in [0.3, 0.4) is 0 Å². The summed E-state index contributed by atoms with van der Waals surface area (Å²) in [6, 6.07) is 5.87. The van der Waals surface area contributed by atoms with Gasteiger partial charge in [0.25, 0.3) is 0 Å². The summed E-state index contributed by atoms with van der Waals surface area (Å²) in [6.45, 7) is 4.25. The number of ether oxygens (including phenoxy) is 1. The number of hydrogen-bond donors (Lipinski definition) is 1. The van der Waals surface area contributed by atoms with E-state index in [9.17, 15) is 4.79 Å². The largest absolute Gasteiger partial charge is 0.479 e. The number of pyridine rings is 1. The SMILES string of the molecule is Cc1cccc(CN2CCOC(C(=O)O)C2)n1. The van der Waals surface area contributed by atoms with Gasteiger partial charge in [-0.2, -0.15) is 0 Å². The Morgan fingerprint density at radius 3 is 3.18 bits per heavy atom. The average Bonchev–Trinajstić information content (AvgIpc) is 2.29. The Bertz CT molecular complexity index is 408. The van der Waals surface area contributed by atoms with Crippen molar-refractivity contribution in [2.24, 2.45) is 0 Å². The summed E-state index contributed by atoms with van der Waals surface area (Å²) in [4.78, 5) is 17.3. The van der Waals surface area contributed by atoms with E-state index in [1.807, 2.05) is 25.1 Å². The minimum atomic E-state index is -0.896. The number of carboxylic acids is 1. The lowest BCUT2D eigenvalue weighted by molar-refractivity contribution is -0.156. The van der Waals surface area contributed by atoms with Gasteiger partial charge in [-0.25, -0.2) is 4.79 Å². The summed E-state index contributed by atoms with van der Waals surface area (Å²) >= 11 is 0. The summed E-state index contributed by atoms with van der Waals surface area (Å²) in [5, 5.41) is 8.90. The van der Waals surface area contributed by atoms with Crippen LogP contribution < -0.4 is 0 Å². The predicted octanol–water partition coefficient (Wildman–Crippen LogP) is 0.675. The molecule has 1 aromatic heterocycles. The van der Waals surface area contributed by atoms with Crippen LogP contribution in [0.15, 0.2) is 18.2 Å². The molecule has 1 atom stereocenters. The van der Waals surface area contributed by atoms with Crippen molar-refractivity contribution in [3.8, 4) is 0 Å². The lowest BCUT2D eigenvalue weighted by Crippen LogP contribution is -2.45. The van der Waals surface area contributed by atoms with E-state index in [4.69, 9.17) is 9.84 Å². The Balaban J connectivity index is 1.97. The van der Waals surface area contributed by atoms with E-state index in [1.165, 1.54) is 0 Å². The number of aryl methyl sites for hydroxylation is 1. The minimum Gasteiger partial charge on any atom is -0.479 e. The van der Waals surface area contributed by atoms with Crippen LogP contribution in [0.4, 0.5) is 0 Å². The van der Waals surface area contributed by atoms with E-state index >= 15 is 0 Å². The molecule has 0 aromatic carbocycles. The van der Waals surface area contributed by atoms with Gasteiger partial charge in [-0.05, 0) is 19.1 Å². The van der Waals surface area contributed by atoms with Crippen LogP contribution in [-0.2, 0) is 16.1 Å². The van der Waals surface area contributed by atoms with Crippen molar-refractivity contribution in [3.05, 3.63) is 29.6 Å². The third kappa shape index (κ3) is 3.25. The lowest BCUT2D eigenvalue weighted by Gasteiger charge is -2.30. The summed E-state index contributed by atoms with van der Waals surface area (Å²) in [7, 11) is 0. The number of aromatic nitrogens is 1. The van der Waals surface area contributed by atoms with Gasteiger partial charge in [0.05, 0.1) is 12.3 Å². The maximum atomic E-state index is 10.8. The van der Waals surface area contributed by atoms with Crippen LogP contribution in [0.2, 0.25) is 0 Å². The zero-order valence-corrected chi connectivity index (χ0v) is 9.80. The fourth-order valence-corrected chi connectivity index (χ4v) is 1.91. The van der Waals surface area contributed by atoms with Crippen LogP contribution >= 0.6 is 0 Å². The molecule has 1 fully saturated rings. The number of morpholine rings is 1. The van der Waals surface area contributed by atoms with Crippen LogP contribution in [0, 0.1) is 6.92 Å². The monoisotopic (exact) mass is 236 g/mol. The van der Waals surface area contributed by atoms with Crippen LogP contribution in [-0.4, -0.2) is 46.8 Å². The topological polar surface area (TPSA) is 62.7 Å². The van der Waals surface area contributed by atoms with Crippen molar-refractivity contribution in [2.75, 3.05) is 19.7 Å². The van der Waals surface area contributed by atoms with Crippen LogP contribution in [0.5, 0.6) is 0 Å². The third-order valence-corrected chi connectivity index (χ3v) is 2.76. The van der Waals surface area contributed by atoms with E-state index in [0.717, 1.165) is 17.9 Å². The van der Waals surface area contributed by atoms with Gasteiger partial charge in [0.2, 0.25) is 0 Å². The molecule has 0 radical (unpaired) electrons. The standard InChI is InChI=1S/C12H16N2O3/c1-9-3-2-4-10(13-9)7-14-5-6-17-11(8-14)12(15)16/h2-4,11H,5-8H2,1H3,(H,15,16). The zero-order chi connectivity index (χ0) is 12.3. The van der Waals surface area contributed by atoms with E-state index < -0.39 is 12.1 Å². The molecule has 1 saturated heterocycles. The molecule has 1 aliphatic rings. The predicted molar refractivity (Wildman–Crippen MR) is 61.6 cm³/mol. The highest BCUT2D eigenvalue weighted by Crippen LogP contribution is 2.09. The van der Waals surface area contributed by atoms with Crippen LogP contribution in [0.25, 0.3) is 0 Å². The highest BCUT2D eigenvalue weighted by atomic mass is 16.5. The Labute approximate surface area is 100 Å². The Kier molecular flexibility index (Phi) is 3.71. The van der Waals surface area contributed by atoms with Crippen molar-refractivity contribution < 1.29 is 14.6 Å². The lowest BCUT2D eigenvalue weighted by atomic mass is 10.2. The van der Waals surface area contributed by atoms with E-state index in [2.05, 4.69) is 9.88 Å². The second kappa shape index (κ2) is 5.25. The average molecular weight is 236 g/mol. The highest BCUT2D eigenvalue weighted by molar-refractivity contribution is 5.72. The first-order chi connectivity index (χ1) is 8.15. The molecular weight excluding hydrogens is 220 g/mol. The number of carbonyl (C=O) groups is 1. The quantitative estimate of drug-likeness (QED) is 0.836. The number of hydrogen-bond acceptors (Lipinski definition) is 4. The Hall–Kier alpha value is -1.46. The van der Waals surface area contributed by atoms with Crippen molar-refractivity contribution in [2.45, 2.75) is 19.6 Å². The van der Waals surface area contributed by atoms with Gasteiger partial charge < -0.3 is 9.84 Å². The zero-order valence-electron chi connectivity index (χ0n) is 9.80. The summed E-state index contributed by atoms with van der Waals surface area (Å²) in [5.41, 5.74) is 1.95. The minimum absolute atomic E-state index is 0.422. The van der Waals surface area contributed by atoms with Crippen molar-refractivity contribution in [1.29, 1.82) is 0 Å². The van der Waals surface area contributed by atoms with E-state index in [-0.39, 0.29) is 0 Å². The molecule has 1 aliphatic heterocycles. The molecule has 1 aromatic rings. The molecule has 1 unspecified atom stereocenters. The number of aliphatic carboxylic acids is 1. The van der Waals surface area contributed by atoms with Gasteiger partial charge in [0.15, 0.2) is 6.10 Å². The molecule has 5 nitrogen and oxygen atoms in total. The van der Waals surface area contributed by atoms with Crippen molar-refractivity contribution in [1.82, 2.24) is 9.88 Å². The van der Waals surface area contributed by atoms with E-state index in [1.54, 1.807) is 0 Å². The first kappa shape index (κ1) is 12.0. The molecule has 0 saturated carbocycles. The van der Waals surface area contributed by atoms with Gasteiger partial charge in [-0.1, -0.05) is 6.07 Å². The molecular formula is C12H16N2O3. The normalized spacial score (nSPS) is 21.4. The smallest absolute Gasteiger partial charge is 0.334 e. The Morgan fingerprint density at radius 2 is 2.47 bits per heavy atom. The van der Waals surface area contributed by atoms with Gasteiger partial charge in [-0.15, -0.1) is 0 Å². The second-order valence-electron chi connectivity index (χ2n) is 4.20. The molecule has 2 rings (SSSR count). The molecule has 17 heavy (non-hydrogen) atoms. The van der Waals surface area contributed by atoms with Gasteiger partial charge >= 0.3 is 5.97 Å². The molecule has 5 heteroatoms. The van der Waals surface area contributed by atoms with Crippen LogP contribution in [0.1, 0.15) is 11.4 Å². The van der Waals surface area contributed by atoms with Gasteiger partial charge in [0.1, 0.15) is 0 Å². The molecule has 0 amide bonds. The second-order valence-corrected chi connectivity index (χ2v) is 4.20. The summed E-state index contributed by atoms with van der Waals surface area (Å²) in [5.74, 6) is -0.896. The number of rotatable bonds is 3. The van der Waals surface area contributed by atoms with Crippen molar-refractivity contribution in [3.63, 3.8) is 0 Å². The number of nitrogens with zero attached hydrogens (tertiary/aromatic N) is 2. The fraction of sp³-hybridized carbons (Fsp3) is 0.500. The first-order valence-corrected chi connectivity index (χ1v) is 5.64. The third-order valence-electron chi connectivity index (χ3n) is 2.76. The first-order valence-electron chi connectivity index (χ1n) is 5.64. The molecule has 1 N–H and O–H groups in total. The number of carboxylic acid groups (broad SMARTS) is 1.